The Hall–Kier alpha value is 0.310. The van der Waals surface area contributed by atoms with E-state index < -0.39 is 0 Å². The van der Waals surface area contributed by atoms with Crippen molar-refractivity contribution in [2.75, 3.05) is 5.75 Å². The van der Waals surface area contributed by atoms with Gasteiger partial charge in [0.2, 0.25) is 0 Å². The van der Waals surface area contributed by atoms with Gasteiger partial charge in [0.1, 0.15) is 0 Å². The van der Waals surface area contributed by atoms with Crippen LogP contribution < -0.4 is 5.32 Å². The number of hydrogen-bond donors (Lipinski definition) is 1. The van der Waals surface area contributed by atoms with Gasteiger partial charge >= 0.3 is 0 Å². The Morgan fingerprint density at radius 3 is 2.55 bits per heavy atom. The van der Waals surface area contributed by atoms with Crippen LogP contribution >= 0.6 is 11.8 Å². The molecular formula is C9H17NS. The van der Waals surface area contributed by atoms with Crippen molar-refractivity contribution in [1.82, 2.24) is 5.32 Å². The normalized spacial score (nSPS) is 36.3. The van der Waals surface area contributed by atoms with Crippen molar-refractivity contribution in [1.29, 1.82) is 0 Å². The highest BCUT2D eigenvalue weighted by Gasteiger charge is 2.37. The maximum Gasteiger partial charge on any atom is 0.0648 e. The third-order valence-corrected chi connectivity index (χ3v) is 4.53. The summed E-state index contributed by atoms with van der Waals surface area (Å²) in [4.78, 5) is 0.512. The summed E-state index contributed by atoms with van der Waals surface area (Å²) in [5, 5.41) is 3.73. The second-order valence-electron chi connectivity index (χ2n) is 3.91. The van der Waals surface area contributed by atoms with Gasteiger partial charge in [-0.2, -0.15) is 0 Å². The van der Waals surface area contributed by atoms with Gasteiger partial charge in [-0.1, -0.05) is 19.3 Å². The van der Waals surface area contributed by atoms with Crippen molar-refractivity contribution in [3.63, 3.8) is 0 Å². The first-order valence-electron chi connectivity index (χ1n) is 4.72. The van der Waals surface area contributed by atoms with E-state index in [0.29, 0.717) is 4.87 Å². The van der Waals surface area contributed by atoms with Crippen molar-refractivity contribution in [3.8, 4) is 0 Å². The number of thioether (sulfide) groups is 1. The summed E-state index contributed by atoms with van der Waals surface area (Å²) in [5.74, 6) is 1.32. The molecule has 1 aliphatic carbocycles. The fraction of sp³-hybridized carbons (Fsp3) is 1.00. The Kier molecular flexibility index (Phi) is 2.15. The fourth-order valence-corrected chi connectivity index (χ4v) is 3.74. The topological polar surface area (TPSA) is 12.0 Å². The number of rotatable bonds is 0. The van der Waals surface area contributed by atoms with Crippen LogP contribution in [0, 0.1) is 0 Å². The summed E-state index contributed by atoms with van der Waals surface area (Å²) in [6, 6.07) is 0.748. The smallest absolute Gasteiger partial charge is 0.0648 e. The maximum absolute atomic E-state index is 3.73. The predicted molar refractivity (Wildman–Crippen MR) is 50.9 cm³/mol. The van der Waals surface area contributed by atoms with Gasteiger partial charge in [-0.3, -0.25) is 5.32 Å². The second kappa shape index (κ2) is 2.98. The minimum Gasteiger partial charge on any atom is -0.299 e. The molecule has 1 N–H and O–H groups in total. The Morgan fingerprint density at radius 2 is 2.00 bits per heavy atom. The largest absolute Gasteiger partial charge is 0.299 e. The highest BCUT2D eigenvalue weighted by atomic mass is 32.2. The summed E-state index contributed by atoms with van der Waals surface area (Å²) < 4.78 is 0. The molecule has 2 heteroatoms. The lowest BCUT2D eigenvalue weighted by Gasteiger charge is -2.33. The van der Waals surface area contributed by atoms with E-state index in [0.717, 1.165) is 6.04 Å². The molecule has 1 spiro atoms. The quantitative estimate of drug-likeness (QED) is 0.600. The van der Waals surface area contributed by atoms with Crippen LogP contribution in [0.2, 0.25) is 0 Å². The van der Waals surface area contributed by atoms with Crippen molar-refractivity contribution in [2.24, 2.45) is 0 Å². The minimum absolute atomic E-state index is 0.512. The van der Waals surface area contributed by atoms with E-state index in [1.54, 1.807) is 0 Å². The predicted octanol–water partition coefficient (Wildman–Crippen LogP) is 2.37. The van der Waals surface area contributed by atoms with Gasteiger partial charge in [-0.05, 0) is 19.8 Å². The maximum atomic E-state index is 3.73. The van der Waals surface area contributed by atoms with Crippen LogP contribution in [0.3, 0.4) is 0 Å². The molecule has 1 saturated heterocycles. The molecule has 1 aliphatic heterocycles. The summed E-state index contributed by atoms with van der Waals surface area (Å²) >= 11 is 2.16. The minimum atomic E-state index is 0.512. The third kappa shape index (κ3) is 1.57. The van der Waals surface area contributed by atoms with Gasteiger partial charge in [-0.15, -0.1) is 11.8 Å². The molecule has 0 aromatic carbocycles. The van der Waals surface area contributed by atoms with Gasteiger partial charge in [0.05, 0.1) is 4.87 Å². The molecule has 0 aromatic rings. The van der Waals surface area contributed by atoms with Crippen LogP contribution in [-0.4, -0.2) is 16.7 Å². The average Bonchev–Trinajstić information content (AvgIpc) is 2.34. The molecule has 1 nitrogen and oxygen atoms in total. The van der Waals surface area contributed by atoms with E-state index in [1.807, 2.05) is 0 Å². The first-order valence-corrected chi connectivity index (χ1v) is 5.71. The summed E-state index contributed by atoms with van der Waals surface area (Å²) in [5.41, 5.74) is 0. The van der Waals surface area contributed by atoms with E-state index in [-0.39, 0.29) is 0 Å². The van der Waals surface area contributed by atoms with Crippen molar-refractivity contribution in [2.45, 2.75) is 49.9 Å². The van der Waals surface area contributed by atoms with Gasteiger partial charge in [0.25, 0.3) is 0 Å². The monoisotopic (exact) mass is 171 g/mol. The lowest BCUT2D eigenvalue weighted by molar-refractivity contribution is 0.335. The molecule has 2 rings (SSSR count). The van der Waals surface area contributed by atoms with E-state index in [1.165, 1.54) is 37.9 Å². The first-order chi connectivity index (χ1) is 5.31. The SMILES string of the molecule is CC1CSC2(CCCCC2)N1. The van der Waals surface area contributed by atoms with E-state index >= 15 is 0 Å². The highest BCUT2D eigenvalue weighted by Crippen LogP contribution is 2.41. The van der Waals surface area contributed by atoms with Gasteiger partial charge in [0.15, 0.2) is 0 Å². The molecule has 0 bridgehead atoms. The molecule has 64 valence electrons. The molecule has 1 atom stereocenters. The molecule has 2 fully saturated rings. The zero-order valence-corrected chi connectivity index (χ0v) is 8.04. The van der Waals surface area contributed by atoms with Crippen LogP contribution in [0.1, 0.15) is 39.0 Å². The van der Waals surface area contributed by atoms with E-state index in [4.69, 9.17) is 0 Å². The third-order valence-electron chi connectivity index (χ3n) is 2.78. The molecule has 1 saturated carbocycles. The number of hydrogen-bond acceptors (Lipinski definition) is 2. The summed E-state index contributed by atoms with van der Waals surface area (Å²) in [6.45, 7) is 2.30. The standard InChI is InChI=1S/C9H17NS/c1-8-7-11-9(10-8)5-3-2-4-6-9/h8,10H,2-7H2,1H3. The molecule has 0 aromatic heterocycles. The molecular weight excluding hydrogens is 154 g/mol. The lowest BCUT2D eigenvalue weighted by Crippen LogP contribution is -2.42. The van der Waals surface area contributed by atoms with Crippen molar-refractivity contribution in [3.05, 3.63) is 0 Å². The van der Waals surface area contributed by atoms with E-state index in [9.17, 15) is 0 Å². The first kappa shape index (κ1) is 7.93. The van der Waals surface area contributed by atoms with Crippen LogP contribution in [-0.2, 0) is 0 Å². The van der Waals surface area contributed by atoms with Crippen LogP contribution in [0.25, 0.3) is 0 Å². The van der Waals surface area contributed by atoms with Crippen LogP contribution in [0.5, 0.6) is 0 Å². The molecule has 11 heavy (non-hydrogen) atoms. The number of nitrogens with one attached hydrogen (secondary N) is 1. The van der Waals surface area contributed by atoms with Crippen LogP contribution in [0.15, 0.2) is 0 Å². The van der Waals surface area contributed by atoms with Gasteiger partial charge in [0, 0.05) is 11.8 Å². The summed E-state index contributed by atoms with van der Waals surface area (Å²) in [6.07, 6.45) is 7.14. The van der Waals surface area contributed by atoms with Gasteiger partial charge < -0.3 is 0 Å². The molecule has 2 aliphatic rings. The Labute approximate surface area is 73.3 Å². The van der Waals surface area contributed by atoms with Gasteiger partial charge in [-0.25, -0.2) is 0 Å². The lowest BCUT2D eigenvalue weighted by atomic mass is 9.94. The highest BCUT2D eigenvalue weighted by molar-refractivity contribution is 8.00. The van der Waals surface area contributed by atoms with E-state index in [2.05, 4.69) is 24.0 Å². The van der Waals surface area contributed by atoms with Crippen molar-refractivity contribution < 1.29 is 0 Å². The van der Waals surface area contributed by atoms with Crippen LogP contribution in [0.4, 0.5) is 0 Å². The molecule has 1 unspecified atom stereocenters. The Morgan fingerprint density at radius 1 is 1.27 bits per heavy atom. The molecule has 0 radical (unpaired) electrons. The molecule has 1 heterocycles. The second-order valence-corrected chi connectivity index (χ2v) is 5.31. The molecule has 0 amide bonds. The summed E-state index contributed by atoms with van der Waals surface area (Å²) in [7, 11) is 0. The Balaban J connectivity index is 1.98. The average molecular weight is 171 g/mol. The Bertz CT molecular complexity index is 135. The zero-order chi connectivity index (χ0) is 7.73. The fourth-order valence-electron chi connectivity index (χ4n) is 2.23. The zero-order valence-electron chi connectivity index (χ0n) is 7.23. The van der Waals surface area contributed by atoms with Crippen molar-refractivity contribution >= 4 is 11.8 Å².